The van der Waals surface area contributed by atoms with Crippen LogP contribution in [0, 0.1) is 0 Å². The number of unbranched alkanes of at least 4 members (excludes halogenated alkanes) is 1. The summed E-state index contributed by atoms with van der Waals surface area (Å²) in [5.74, 6) is 0.192. The third kappa shape index (κ3) is 4.17. The molecule has 0 saturated carbocycles. The fraction of sp³-hybridized carbons (Fsp3) is 0.667. The molecule has 0 aromatic heterocycles. The van der Waals surface area contributed by atoms with Crippen molar-refractivity contribution < 1.29 is 4.79 Å². The molecule has 1 aromatic carbocycles. The van der Waals surface area contributed by atoms with Crippen LogP contribution in [0.3, 0.4) is 0 Å². The monoisotopic (exact) mass is 343 g/mol. The van der Waals surface area contributed by atoms with Crippen molar-refractivity contribution in [3.8, 4) is 0 Å². The number of amides is 1. The van der Waals surface area contributed by atoms with E-state index in [0.29, 0.717) is 12.1 Å². The Bertz CT molecular complexity index is 565. The molecule has 0 unspecified atom stereocenters. The lowest BCUT2D eigenvalue weighted by Crippen LogP contribution is -2.38. The van der Waals surface area contributed by atoms with E-state index < -0.39 is 0 Å². The highest BCUT2D eigenvalue weighted by atomic mass is 16.2. The van der Waals surface area contributed by atoms with Crippen LogP contribution in [0.2, 0.25) is 0 Å². The highest BCUT2D eigenvalue weighted by molar-refractivity contribution is 5.95. The SMILES string of the molecule is CCCCN(C)c1ccc(C(=O)N2C[C@@H](N3CCCC3)C[C@H]2C)cc1. The largest absolute Gasteiger partial charge is 0.375 e. The fourth-order valence-corrected chi connectivity index (χ4v) is 4.21. The topological polar surface area (TPSA) is 26.8 Å². The van der Waals surface area contributed by atoms with Crippen molar-refractivity contribution in [2.75, 3.05) is 38.1 Å². The van der Waals surface area contributed by atoms with Crippen LogP contribution in [0.5, 0.6) is 0 Å². The van der Waals surface area contributed by atoms with Gasteiger partial charge in [-0.2, -0.15) is 0 Å². The first kappa shape index (κ1) is 18.2. The molecule has 0 bridgehead atoms. The number of hydrogen-bond donors (Lipinski definition) is 0. The van der Waals surface area contributed by atoms with E-state index in [1.54, 1.807) is 0 Å². The molecule has 25 heavy (non-hydrogen) atoms. The Labute approximate surface area is 152 Å². The lowest BCUT2D eigenvalue weighted by Gasteiger charge is -2.24. The van der Waals surface area contributed by atoms with Crippen LogP contribution in [0.1, 0.15) is 56.3 Å². The Morgan fingerprint density at radius 2 is 1.88 bits per heavy atom. The first-order valence-corrected chi connectivity index (χ1v) is 9.96. The van der Waals surface area contributed by atoms with Crippen molar-refractivity contribution in [2.45, 2.75) is 58.0 Å². The quantitative estimate of drug-likeness (QED) is 0.789. The molecule has 2 fully saturated rings. The van der Waals surface area contributed by atoms with Gasteiger partial charge in [0.1, 0.15) is 0 Å². The van der Waals surface area contributed by atoms with Gasteiger partial charge in [-0.3, -0.25) is 9.69 Å². The minimum atomic E-state index is 0.192. The minimum absolute atomic E-state index is 0.192. The molecule has 3 rings (SSSR count). The average Bonchev–Trinajstić information content (AvgIpc) is 3.28. The molecule has 2 aliphatic heterocycles. The summed E-state index contributed by atoms with van der Waals surface area (Å²) in [6, 6.07) is 9.06. The molecular formula is C21H33N3O. The Morgan fingerprint density at radius 1 is 1.20 bits per heavy atom. The van der Waals surface area contributed by atoms with Crippen LogP contribution in [-0.4, -0.2) is 61.0 Å². The van der Waals surface area contributed by atoms with Gasteiger partial charge in [0.05, 0.1) is 0 Å². The van der Waals surface area contributed by atoms with Crippen LogP contribution in [0.25, 0.3) is 0 Å². The van der Waals surface area contributed by atoms with Gasteiger partial charge in [0.25, 0.3) is 5.91 Å². The molecule has 4 heteroatoms. The van der Waals surface area contributed by atoms with E-state index in [1.165, 1.54) is 44.5 Å². The fourth-order valence-electron chi connectivity index (χ4n) is 4.21. The summed E-state index contributed by atoms with van der Waals surface area (Å²) in [5, 5.41) is 0. The molecule has 2 aliphatic rings. The number of carbonyl (C=O) groups is 1. The van der Waals surface area contributed by atoms with Crippen LogP contribution in [0.15, 0.2) is 24.3 Å². The number of benzene rings is 1. The standard InChI is InChI=1S/C21H33N3O/c1-4-5-12-22(3)19-10-8-18(9-11-19)21(25)24-16-20(15-17(24)2)23-13-6-7-14-23/h8-11,17,20H,4-7,12-16H2,1-3H3/t17-,20+/m1/s1. The molecular weight excluding hydrogens is 310 g/mol. The molecule has 0 spiro atoms. The normalized spacial score (nSPS) is 24.0. The smallest absolute Gasteiger partial charge is 0.254 e. The highest BCUT2D eigenvalue weighted by Crippen LogP contribution is 2.27. The van der Waals surface area contributed by atoms with Crippen molar-refractivity contribution >= 4 is 11.6 Å². The van der Waals surface area contributed by atoms with Crippen molar-refractivity contribution in [1.82, 2.24) is 9.80 Å². The van der Waals surface area contributed by atoms with Crippen LogP contribution < -0.4 is 4.90 Å². The zero-order valence-electron chi connectivity index (χ0n) is 16.1. The number of hydrogen-bond acceptors (Lipinski definition) is 3. The van der Waals surface area contributed by atoms with Gasteiger partial charge in [-0.05, 0) is 70.0 Å². The Balaban J connectivity index is 1.62. The summed E-state index contributed by atoms with van der Waals surface area (Å²) >= 11 is 0. The van der Waals surface area contributed by atoms with E-state index in [4.69, 9.17) is 0 Å². The number of rotatable bonds is 6. The summed E-state index contributed by atoms with van der Waals surface area (Å²) in [7, 11) is 2.12. The maximum Gasteiger partial charge on any atom is 0.254 e. The van der Waals surface area contributed by atoms with E-state index in [9.17, 15) is 4.79 Å². The van der Waals surface area contributed by atoms with Gasteiger partial charge >= 0.3 is 0 Å². The maximum atomic E-state index is 13.0. The second-order valence-electron chi connectivity index (χ2n) is 7.76. The van der Waals surface area contributed by atoms with Crippen molar-refractivity contribution in [2.24, 2.45) is 0 Å². The van der Waals surface area contributed by atoms with Gasteiger partial charge in [-0.15, -0.1) is 0 Å². The lowest BCUT2D eigenvalue weighted by atomic mass is 10.1. The zero-order chi connectivity index (χ0) is 17.8. The molecule has 4 nitrogen and oxygen atoms in total. The Morgan fingerprint density at radius 3 is 2.52 bits per heavy atom. The summed E-state index contributed by atoms with van der Waals surface area (Å²) in [6.45, 7) is 8.77. The molecule has 1 amide bonds. The molecule has 2 saturated heterocycles. The third-order valence-electron chi connectivity index (χ3n) is 5.87. The second kappa shape index (κ2) is 8.22. The van der Waals surface area contributed by atoms with Crippen LogP contribution >= 0.6 is 0 Å². The zero-order valence-corrected chi connectivity index (χ0v) is 16.1. The first-order chi connectivity index (χ1) is 12.1. The summed E-state index contributed by atoms with van der Waals surface area (Å²) in [4.78, 5) is 19.9. The molecule has 0 N–H and O–H groups in total. The number of carbonyl (C=O) groups excluding carboxylic acids is 1. The third-order valence-corrected chi connectivity index (χ3v) is 5.87. The van der Waals surface area contributed by atoms with Gasteiger partial charge in [0, 0.05) is 43.5 Å². The van der Waals surface area contributed by atoms with E-state index in [0.717, 1.165) is 25.1 Å². The predicted molar refractivity (Wildman–Crippen MR) is 104 cm³/mol. The Hall–Kier alpha value is -1.55. The summed E-state index contributed by atoms with van der Waals surface area (Å²) in [5.41, 5.74) is 2.01. The number of nitrogens with zero attached hydrogens (tertiary/aromatic N) is 3. The van der Waals surface area contributed by atoms with Crippen molar-refractivity contribution in [3.05, 3.63) is 29.8 Å². The van der Waals surface area contributed by atoms with E-state index in [1.807, 2.05) is 12.1 Å². The van der Waals surface area contributed by atoms with E-state index >= 15 is 0 Å². The van der Waals surface area contributed by atoms with Crippen LogP contribution in [0.4, 0.5) is 5.69 Å². The molecule has 1 aromatic rings. The van der Waals surface area contributed by atoms with Gasteiger partial charge in [-0.25, -0.2) is 0 Å². The van der Waals surface area contributed by atoms with Crippen molar-refractivity contribution in [3.63, 3.8) is 0 Å². The number of likely N-dealkylation sites (tertiary alicyclic amines) is 2. The summed E-state index contributed by atoms with van der Waals surface area (Å²) in [6.07, 6.45) is 6.13. The van der Waals surface area contributed by atoms with E-state index in [-0.39, 0.29) is 5.91 Å². The second-order valence-corrected chi connectivity index (χ2v) is 7.76. The summed E-state index contributed by atoms with van der Waals surface area (Å²) < 4.78 is 0. The van der Waals surface area contributed by atoms with Gasteiger partial charge < -0.3 is 9.80 Å². The Kier molecular flexibility index (Phi) is 6.00. The number of anilines is 1. The average molecular weight is 344 g/mol. The van der Waals surface area contributed by atoms with Gasteiger partial charge in [0.2, 0.25) is 0 Å². The first-order valence-electron chi connectivity index (χ1n) is 9.96. The van der Waals surface area contributed by atoms with E-state index in [2.05, 4.69) is 47.7 Å². The van der Waals surface area contributed by atoms with Gasteiger partial charge in [-0.1, -0.05) is 13.3 Å². The molecule has 2 heterocycles. The van der Waals surface area contributed by atoms with Crippen LogP contribution in [-0.2, 0) is 0 Å². The van der Waals surface area contributed by atoms with Crippen molar-refractivity contribution in [1.29, 1.82) is 0 Å². The predicted octanol–water partition coefficient (Wildman–Crippen LogP) is 3.62. The molecule has 0 radical (unpaired) electrons. The molecule has 0 aliphatic carbocycles. The minimum Gasteiger partial charge on any atom is -0.375 e. The highest BCUT2D eigenvalue weighted by Gasteiger charge is 2.36. The van der Waals surface area contributed by atoms with Gasteiger partial charge in [0.15, 0.2) is 0 Å². The maximum absolute atomic E-state index is 13.0. The lowest BCUT2D eigenvalue weighted by molar-refractivity contribution is 0.0737. The molecule has 138 valence electrons. The molecule has 2 atom stereocenters.